The SMILES string of the molecule is O=C(N[C@H](C(=O)Nc1ccccc1O)C1CCCCC1)c1cccc(O)c1. The topological polar surface area (TPSA) is 98.7 Å². The fourth-order valence-corrected chi connectivity index (χ4v) is 3.53. The molecule has 2 aromatic rings. The van der Waals surface area contributed by atoms with Crippen LogP contribution in [0, 0.1) is 5.92 Å². The molecule has 1 aliphatic carbocycles. The van der Waals surface area contributed by atoms with Gasteiger partial charge in [-0.2, -0.15) is 0 Å². The van der Waals surface area contributed by atoms with Gasteiger partial charge < -0.3 is 20.8 Å². The highest BCUT2D eigenvalue weighted by Crippen LogP contribution is 2.28. The summed E-state index contributed by atoms with van der Waals surface area (Å²) in [6.07, 6.45) is 4.89. The molecule has 0 aliphatic heterocycles. The molecule has 0 saturated heterocycles. The summed E-state index contributed by atoms with van der Waals surface area (Å²) in [5, 5.41) is 25.1. The molecule has 6 heteroatoms. The van der Waals surface area contributed by atoms with Crippen LogP contribution in [0.3, 0.4) is 0 Å². The molecule has 0 bridgehead atoms. The zero-order chi connectivity index (χ0) is 19.2. The first-order valence-corrected chi connectivity index (χ1v) is 9.23. The van der Waals surface area contributed by atoms with Crippen LogP contribution < -0.4 is 10.6 Å². The second kappa shape index (κ2) is 8.58. The number of hydrogen-bond acceptors (Lipinski definition) is 4. The summed E-state index contributed by atoms with van der Waals surface area (Å²) in [5.74, 6) is -0.750. The van der Waals surface area contributed by atoms with Crippen molar-refractivity contribution in [2.24, 2.45) is 5.92 Å². The van der Waals surface area contributed by atoms with E-state index in [0.29, 0.717) is 11.3 Å². The van der Waals surface area contributed by atoms with Gasteiger partial charge in [-0.1, -0.05) is 37.5 Å². The first-order chi connectivity index (χ1) is 13.0. The number of phenols is 2. The molecule has 1 saturated carbocycles. The number of carbonyl (C=O) groups is 2. The zero-order valence-corrected chi connectivity index (χ0v) is 15.0. The van der Waals surface area contributed by atoms with Gasteiger partial charge in [-0.3, -0.25) is 9.59 Å². The van der Waals surface area contributed by atoms with E-state index in [-0.39, 0.29) is 23.3 Å². The number of amides is 2. The van der Waals surface area contributed by atoms with Crippen molar-refractivity contribution >= 4 is 17.5 Å². The van der Waals surface area contributed by atoms with Gasteiger partial charge in [-0.25, -0.2) is 0 Å². The third-order valence-electron chi connectivity index (χ3n) is 4.96. The molecular weight excluding hydrogens is 344 g/mol. The van der Waals surface area contributed by atoms with Crippen LogP contribution in [0.2, 0.25) is 0 Å². The lowest BCUT2D eigenvalue weighted by atomic mass is 9.83. The van der Waals surface area contributed by atoms with Gasteiger partial charge in [0, 0.05) is 5.56 Å². The predicted molar refractivity (Wildman–Crippen MR) is 103 cm³/mol. The van der Waals surface area contributed by atoms with Crippen LogP contribution in [0.15, 0.2) is 48.5 Å². The van der Waals surface area contributed by atoms with Crippen LogP contribution in [0.4, 0.5) is 5.69 Å². The molecule has 4 N–H and O–H groups in total. The molecule has 142 valence electrons. The van der Waals surface area contributed by atoms with Crippen molar-refractivity contribution < 1.29 is 19.8 Å². The lowest BCUT2D eigenvalue weighted by Gasteiger charge is -2.30. The van der Waals surface area contributed by atoms with E-state index in [0.717, 1.165) is 32.1 Å². The minimum atomic E-state index is -0.709. The summed E-state index contributed by atoms with van der Waals surface area (Å²) in [7, 11) is 0. The van der Waals surface area contributed by atoms with Crippen LogP contribution in [-0.2, 0) is 4.79 Å². The number of carbonyl (C=O) groups excluding carboxylic acids is 2. The molecule has 1 atom stereocenters. The van der Waals surface area contributed by atoms with Crippen LogP contribution in [0.1, 0.15) is 42.5 Å². The number of anilines is 1. The monoisotopic (exact) mass is 368 g/mol. The third-order valence-corrected chi connectivity index (χ3v) is 4.96. The minimum absolute atomic E-state index is 0.00414. The summed E-state index contributed by atoms with van der Waals surface area (Å²) >= 11 is 0. The summed E-state index contributed by atoms with van der Waals surface area (Å²) in [6, 6.07) is 11.8. The first kappa shape index (κ1) is 18.8. The Morgan fingerprint density at radius 1 is 0.963 bits per heavy atom. The van der Waals surface area contributed by atoms with Crippen LogP contribution in [-0.4, -0.2) is 28.1 Å². The van der Waals surface area contributed by atoms with Gasteiger partial charge in [-0.05, 0) is 49.1 Å². The number of nitrogens with one attached hydrogen (secondary N) is 2. The van der Waals surface area contributed by atoms with E-state index in [1.807, 2.05) is 0 Å². The maximum Gasteiger partial charge on any atom is 0.252 e. The molecule has 1 aliphatic rings. The van der Waals surface area contributed by atoms with Crippen molar-refractivity contribution in [1.29, 1.82) is 0 Å². The standard InChI is InChI=1S/C21H24N2O4/c24-16-10-6-9-15(13-16)20(26)23-19(14-7-2-1-3-8-14)21(27)22-17-11-4-5-12-18(17)25/h4-6,9-14,19,24-25H,1-3,7-8H2,(H,22,27)(H,23,26)/t19-/m0/s1. The van der Waals surface area contributed by atoms with Crippen molar-refractivity contribution in [1.82, 2.24) is 5.32 Å². The Morgan fingerprint density at radius 3 is 2.41 bits per heavy atom. The summed E-state index contributed by atoms with van der Waals surface area (Å²) in [5.41, 5.74) is 0.612. The average molecular weight is 368 g/mol. The molecule has 0 unspecified atom stereocenters. The Hall–Kier alpha value is -3.02. The number of hydrogen-bond donors (Lipinski definition) is 4. The second-order valence-corrected chi connectivity index (χ2v) is 6.91. The van der Waals surface area contributed by atoms with E-state index in [1.54, 1.807) is 30.3 Å². The predicted octanol–water partition coefficient (Wildman–Crippen LogP) is 3.42. The van der Waals surface area contributed by atoms with Crippen LogP contribution in [0.25, 0.3) is 0 Å². The molecule has 2 aromatic carbocycles. The van der Waals surface area contributed by atoms with Gasteiger partial charge in [0.15, 0.2) is 0 Å². The molecule has 3 rings (SSSR count). The Balaban J connectivity index is 1.79. The molecule has 0 aromatic heterocycles. The third kappa shape index (κ3) is 4.78. The highest BCUT2D eigenvalue weighted by Gasteiger charge is 2.31. The number of rotatable bonds is 5. The molecule has 6 nitrogen and oxygen atoms in total. The van der Waals surface area contributed by atoms with Gasteiger partial charge in [0.2, 0.25) is 5.91 Å². The number of aromatic hydroxyl groups is 2. The van der Waals surface area contributed by atoms with Crippen molar-refractivity contribution in [2.45, 2.75) is 38.1 Å². The molecule has 0 radical (unpaired) electrons. The zero-order valence-electron chi connectivity index (χ0n) is 15.0. The number of para-hydroxylation sites is 2. The molecule has 0 heterocycles. The highest BCUT2D eigenvalue weighted by atomic mass is 16.3. The van der Waals surface area contributed by atoms with Gasteiger partial charge in [0.1, 0.15) is 17.5 Å². The Bertz CT molecular complexity index is 815. The van der Waals surface area contributed by atoms with Crippen LogP contribution in [0.5, 0.6) is 11.5 Å². The molecule has 1 fully saturated rings. The molecular formula is C21H24N2O4. The van der Waals surface area contributed by atoms with Crippen molar-refractivity contribution in [3.63, 3.8) is 0 Å². The van der Waals surface area contributed by atoms with Crippen molar-refractivity contribution in [3.05, 3.63) is 54.1 Å². The highest BCUT2D eigenvalue weighted by molar-refractivity contribution is 6.02. The van der Waals surface area contributed by atoms with Gasteiger partial charge in [0.05, 0.1) is 5.69 Å². The Labute approximate surface area is 158 Å². The van der Waals surface area contributed by atoms with Crippen LogP contribution >= 0.6 is 0 Å². The smallest absolute Gasteiger partial charge is 0.252 e. The van der Waals surface area contributed by atoms with Gasteiger partial charge >= 0.3 is 0 Å². The van der Waals surface area contributed by atoms with Crippen molar-refractivity contribution in [2.75, 3.05) is 5.32 Å². The largest absolute Gasteiger partial charge is 0.508 e. The van der Waals surface area contributed by atoms with E-state index < -0.39 is 11.9 Å². The first-order valence-electron chi connectivity index (χ1n) is 9.23. The van der Waals surface area contributed by atoms with E-state index in [9.17, 15) is 19.8 Å². The number of benzene rings is 2. The van der Waals surface area contributed by atoms with E-state index in [4.69, 9.17) is 0 Å². The Morgan fingerprint density at radius 2 is 1.70 bits per heavy atom. The number of phenolic OH excluding ortho intramolecular Hbond substituents is 2. The molecule has 27 heavy (non-hydrogen) atoms. The van der Waals surface area contributed by atoms with E-state index in [1.165, 1.54) is 18.2 Å². The fraction of sp³-hybridized carbons (Fsp3) is 0.333. The lowest BCUT2D eigenvalue weighted by Crippen LogP contribution is -2.49. The summed E-state index contributed by atoms with van der Waals surface area (Å²) in [4.78, 5) is 25.5. The average Bonchev–Trinajstić information content (AvgIpc) is 2.68. The fourth-order valence-electron chi connectivity index (χ4n) is 3.53. The van der Waals surface area contributed by atoms with Crippen molar-refractivity contribution in [3.8, 4) is 11.5 Å². The van der Waals surface area contributed by atoms with Gasteiger partial charge in [0.25, 0.3) is 5.91 Å². The lowest BCUT2D eigenvalue weighted by molar-refractivity contribution is -0.119. The van der Waals surface area contributed by atoms with E-state index in [2.05, 4.69) is 10.6 Å². The summed E-state index contributed by atoms with van der Waals surface area (Å²) in [6.45, 7) is 0. The maximum atomic E-state index is 12.9. The minimum Gasteiger partial charge on any atom is -0.508 e. The quantitative estimate of drug-likeness (QED) is 0.608. The second-order valence-electron chi connectivity index (χ2n) is 6.91. The summed E-state index contributed by atoms with van der Waals surface area (Å²) < 4.78 is 0. The normalized spacial score (nSPS) is 15.7. The van der Waals surface area contributed by atoms with Gasteiger partial charge in [-0.15, -0.1) is 0 Å². The Kier molecular flexibility index (Phi) is 5.96. The molecule has 0 spiro atoms. The molecule has 2 amide bonds. The maximum absolute atomic E-state index is 12.9. The van der Waals surface area contributed by atoms with E-state index >= 15 is 0 Å².